The number of sulfone groups is 1. The Labute approximate surface area is 122 Å². The summed E-state index contributed by atoms with van der Waals surface area (Å²) >= 11 is 0. The fourth-order valence-corrected chi connectivity index (χ4v) is 3.42. The fourth-order valence-electron chi connectivity index (χ4n) is 1.66. The van der Waals surface area contributed by atoms with E-state index in [2.05, 4.69) is 9.47 Å². The number of hydrogen-bond donors (Lipinski definition) is 0. The third-order valence-corrected chi connectivity index (χ3v) is 4.22. The minimum absolute atomic E-state index is 0. The molecule has 1 aliphatic rings. The molecule has 0 saturated carbocycles. The molecule has 0 aromatic rings. The van der Waals surface area contributed by atoms with Gasteiger partial charge in [-0.2, -0.15) is 0 Å². The maximum atomic E-state index is 11.4. The summed E-state index contributed by atoms with van der Waals surface area (Å²) in [7, 11) is -0.893. The van der Waals surface area contributed by atoms with Gasteiger partial charge in [-0.25, -0.2) is 13.2 Å². The van der Waals surface area contributed by atoms with Crippen molar-refractivity contribution in [1.82, 2.24) is 0 Å². The Bertz CT molecular complexity index is 413. The van der Waals surface area contributed by atoms with E-state index in [4.69, 9.17) is 0 Å². The van der Waals surface area contributed by atoms with E-state index in [1.807, 2.05) is 0 Å². The Hall–Kier alpha value is -0.240. The van der Waals surface area contributed by atoms with E-state index in [9.17, 15) is 18.3 Å². The van der Waals surface area contributed by atoms with Crippen LogP contribution in [0.1, 0.15) is 6.42 Å². The Morgan fingerprint density at radius 3 is 2.24 bits per heavy atom. The SMILES string of the molecule is COC(=O)/C(=C(/[O-])OC)C1CCS(=O)(=O)C1.[Na+]. The van der Waals surface area contributed by atoms with Crippen molar-refractivity contribution in [1.29, 1.82) is 0 Å². The first kappa shape index (κ1) is 16.8. The van der Waals surface area contributed by atoms with Crippen LogP contribution in [0.15, 0.2) is 11.5 Å². The van der Waals surface area contributed by atoms with Crippen molar-refractivity contribution in [2.45, 2.75) is 6.42 Å². The van der Waals surface area contributed by atoms with Gasteiger partial charge in [0, 0.05) is 5.92 Å². The smallest absolute Gasteiger partial charge is 0.616 e. The van der Waals surface area contributed by atoms with E-state index in [0.29, 0.717) is 0 Å². The molecule has 0 aromatic heterocycles. The van der Waals surface area contributed by atoms with Gasteiger partial charge < -0.3 is 14.6 Å². The minimum atomic E-state index is -3.16. The number of rotatable bonds is 3. The van der Waals surface area contributed by atoms with Gasteiger partial charge in [-0.3, -0.25) is 0 Å². The standard InChI is InChI=1S/C9H14O6S.Na/c1-14-8(10)7(9(11)15-2)6-3-4-16(12,13)5-6;/h6,10H,3-5H2,1-2H3;/q;+1/p-1/b8-7-;. The quantitative estimate of drug-likeness (QED) is 0.224. The van der Waals surface area contributed by atoms with Gasteiger partial charge in [0.15, 0.2) is 9.84 Å². The van der Waals surface area contributed by atoms with Gasteiger partial charge in [-0.05, 0) is 13.5 Å². The number of ether oxygens (including phenoxy) is 2. The first-order valence-corrected chi connectivity index (χ1v) is 6.47. The molecule has 0 spiro atoms. The van der Waals surface area contributed by atoms with Crippen molar-refractivity contribution in [3.8, 4) is 0 Å². The summed E-state index contributed by atoms with van der Waals surface area (Å²) in [6, 6.07) is 0. The molecule has 1 fully saturated rings. The topological polar surface area (TPSA) is 92.7 Å². The van der Waals surface area contributed by atoms with Crippen LogP contribution < -0.4 is 34.7 Å². The summed E-state index contributed by atoms with van der Waals surface area (Å²) in [6.45, 7) is 0. The zero-order valence-electron chi connectivity index (χ0n) is 10.1. The van der Waals surface area contributed by atoms with Crippen molar-refractivity contribution in [3.63, 3.8) is 0 Å². The van der Waals surface area contributed by atoms with Crippen LogP contribution >= 0.6 is 0 Å². The van der Waals surface area contributed by atoms with Gasteiger partial charge in [-0.1, -0.05) is 0 Å². The molecule has 0 amide bonds. The molecule has 8 heteroatoms. The molecular weight excluding hydrogens is 259 g/mol. The molecule has 1 aliphatic heterocycles. The summed E-state index contributed by atoms with van der Waals surface area (Å²) < 4.78 is 31.4. The molecule has 0 bridgehead atoms. The Kier molecular flexibility index (Phi) is 6.53. The largest absolute Gasteiger partial charge is 1.00 e. The first-order valence-electron chi connectivity index (χ1n) is 4.65. The zero-order chi connectivity index (χ0) is 12.3. The summed E-state index contributed by atoms with van der Waals surface area (Å²) in [5.41, 5.74) is -0.217. The summed E-state index contributed by atoms with van der Waals surface area (Å²) in [4.78, 5) is 11.4. The van der Waals surface area contributed by atoms with E-state index < -0.39 is 27.7 Å². The van der Waals surface area contributed by atoms with E-state index in [0.717, 1.165) is 14.2 Å². The second kappa shape index (κ2) is 6.63. The van der Waals surface area contributed by atoms with Crippen molar-refractivity contribution < 1.29 is 57.3 Å². The van der Waals surface area contributed by atoms with Crippen LogP contribution in [0.5, 0.6) is 0 Å². The third kappa shape index (κ3) is 4.17. The van der Waals surface area contributed by atoms with Crippen LogP contribution in [0.4, 0.5) is 0 Å². The second-order valence-electron chi connectivity index (χ2n) is 3.50. The van der Waals surface area contributed by atoms with Gasteiger partial charge in [0.25, 0.3) is 0 Å². The molecule has 0 aliphatic carbocycles. The van der Waals surface area contributed by atoms with Gasteiger partial charge in [0.1, 0.15) is 0 Å². The number of esters is 1. The molecule has 0 aromatic carbocycles. The van der Waals surface area contributed by atoms with Crippen LogP contribution in [-0.2, 0) is 24.1 Å². The summed E-state index contributed by atoms with van der Waals surface area (Å²) in [6.07, 6.45) is 0.252. The van der Waals surface area contributed by atoms with Gasteiger partial charge in [0.2, 0.25) is 0 Å². The predicted octanol–water partition coefficient (Wildman–Crippen LogP) is -4.18. The molecule has 0 radical (unpaired) electrons. The molecular formula is C9H13NaO6S. The van der Waals surface area contributed by atoms with E-state index in [1.54, 1.807) is 0 Å². The molecule has 1 unspecified atom stereocenters. The normalized spacial score (nSPS) is 23.3. The molecule has 17 heavy (non-hydrogen) atoms. The predicted molar refractivity (Wildman–Crippen MR) is 52.8 cm³/mol. The van der Waals surface area contributed by atoms with E-state index in [-0.39, 0.29) is 53.1 Å². The number of hydrogen-bond acceptors (Lipinski definition) is 6. The average Bonchev–Trinajstić information content (AvgIpc) is 2.58. The second-order valence-corrected chi connectivity index (χ2v) is 5.73. The van der Waals surface area contributed by atoms with Crippen LogP contribution in [0.2, 0.25) is 0 Å². The number of carbonyl (C=O) groups is 1. The van der Waals surface area contributed by atoms with Crippen molar-refractivity contribution >= 4 is 15.8 Å². The Morgan fingerprint density at radius 1 is 1.29 bits per heavy atom. The fraction of sp³-hybridized carbons (Fsp3) is 0.667. The van der Waals surface area contributed by atoms with Crippen molar-refractivity contribution in [3.05, 3.63) is 11.5 Å². The van der Waals surface area contributed by atoms with Gasteiger partial charge in [-0.15, -0.1) is 0 Å². The van der Waals surface area contributed by atoms with Crippen molar-refractivity contribution in [2.24, 2.45) is 5.92 Å². The maximum Gasteiger partial charge on any atom is 1.00 e. The third-order valence-electron chi connectivity index (χ3n) is 2.45. The Balaban J connectivity index is 0.00000256. The first-order chi connectivity index (χ1) is 7.41. The average molecular weight is 272 g/mol. The van der Waals surface area contributed by atoms with Crippen LogP contribution in [0.3, 0.4) is 0 Å². The molecule has 1 heterocycles. The summed E-state index contributed by atoms with van der Waals surface area (Å²) in [5.74, 6) is -2.49. The molecule has 1 rings (SSSR count). The van der Waals surface area contributed by atoms with Crippen LogP contribution in [0.25, 0.3) is 0 Å². The van der Waals surface area contributed by atoms with Gasteiger partial charge >= 0.3 is 35.5 Å². The monoisotopic (exact) mass is 272 g/mol. The Morgan fingerprint density at radius 2 is 1.88 bits per heavy atom. The van der Waals surface area contributed by atoms with E-state index >= 15 is 0 Å². The number of carbonyl (C=O) groups excluding carboxylic acids is 1. The van der Waals surface area contributed by atoms with E-state index in [1.165, 1.54) is 0 Å². The van der Waals surface area contributed by atoms with Crippen LogP contribution in [-0.4, -0.2) is 40.1 Å². The molecule has 1 saturated heterocycles. The van der Waals surface area contributed by atoms with Crippen LogP contribution in [0, 0.1) is 5.92 Å². The maximum absolute atomic E-state index is 11.4. The zero-order valence-corrected chi connectivity index (χ0v) is 12.9. The molecule has 92 valence electrons. The summed E-state index contributed by atoms with van der Waals surface area (Å²) in [5, 5.41) is 11.4. The molecule has 1 atom stereocenters. The van der Waals surface area contributed by atoms with Crippen molar-refractivity contribution in [2.75, 3.05) is 25.7 Å². The molecule has 6 nitrogen and oxygen atoms in total. The minimum Gasteiger partial charge on any atom is -0.616 e. The molecule has 0 N–H and O–H groups in total. The number of methoxy groups -OCH3 is 2. The van der Waals surface area contributed by atoms with Gasteiger partial charge in [0.05, 0.1) is 30.1 Å².